The van der Waals surface area contributed by atoms with Gasteiger partial charge in [0.05, 0.1) is 7.11 Å². The maximum Gasteiger partial charge on any atom is 0.120 e. The van der Waals surface area contributed by atoms with Crippen molar-refractivity contribution in [2.24, 2.45) is 0 Å². The van der Waals surface area contributed by atoms with Crippen molar-refractivity contribution in [1.82, 2.24) is 5.32 Å². The van der Waals surface area contributed by atoms with E-state index in [4.69, 9.17) is 9.84 Å². The lowest BCUT2D eigenvalue weighted by Gasteiger charge is -2.26. The summed E-state index contributed by atoms with van der Waals surface area (Å²) in [6, 6.07) is 8.53. The second-order valence-corrected chi connectivity index (χ2v) is 4.66. The number of hydrogen-bond acceptors (Lipinski definition) is 4. The highest BCUT2D eigenvalue weighted by Gasteiger charge is 2.17. The summed E-state index contributed by atoms with van der Waals surface area (Å²) in [6.45, 7) is 3.24. The number of rotatable bonds is 4. The average molecular weight is 250 g/mol. The molecule has 100 valence electrons. The van der Waals surface area contributed by atoms with Gasteiger partial charge < -0.3 is 20.1 Å². The number of hydrogen-bond donors (Lipinski definition) is 2. The van der Waals surface area contributed by atoms with E-state index in [1.165, 1.54) is 5.69 Å². The fourth-order valence-corrected chi connectivity index (χ4v) is 2.39. The predicted molar refractivity (Wildman–Crippen MR) is 73.3 cm³/mol. The van der Waals surface area contributed by atoms with E-state index in [2.05, 4.69) is 22.3 Å². The van der Waals surface area contributed by atoms with Gasteiger partial charge in [0.1, 0.15) is 5.75 Å². The third-order valence-electron chi connectivity index (χ3n) is 3.37. The fourth-order valence-electron chi connectivity index (χ4n) is 2.39. The standard InChI is InChI=1S/C14H22N2O2/c1-18-14-5-2-4-13(10-14)16-8-3-7-15-12(11-16)6-9-17/h2,4-5,10,12,15,17H,3,6-9,11H2,1H3. The van der Waals surface area contributed by atoms with Gasteiger partial charge in [0.2, 0.25) is 0 Å². The molecule has 0 saturated carbocycles. The summed E-state index contributed by atoms with van der Waals surface area (Å²) in [5.74, 6) is 0.892. The summed E-state index contributed by atoms with van der Waals surface area (Å²) in [5, 5.41) is 12.5. The van der Waals surface area contributed by atoms with Gasteiger partial charge in [-0.2, -0.15) is 0 Å². The van der Waals surface area contributed by atoms with Crippen molar-refractivity contribution in [3.05, 3.63) is 24.3 Å². The van der Waals surface area contributed by atoms with Gasteiger partial charge in [-0.05, 0) is 31.5 Å². The first-order valence-electron chi connectivity index (χ1n) is 6.56. The molecule has 1 aliphatic heterocycles. The van der Waals surface area contributed by atoms with Crippen LogP contribution in [0.4, 0.5) is 5.69 Å². The number of aliphatic hydroxyl groups excluding tert-OH is 1. The first kappa shape index (κ1) is 13.2. The summed E-state index contributed by atoms with van der Waals surface area (Å²) in [7, 11) is 1.69. The van der Waals surface area contributed by atoms with Gasteiger partial charge in [0.15, 0.2) is 0 Å². The average Bonchev–Trinajstić information content (AvgIpc) is 2.65. The van der Waals surface area contributed by atoms with Crippen LogP contribution in [0.3, 0.4) is 0 Å². The van der Waals surface area contributed by atoms with Crippen LogP contribution in [0.1, 0.15) is 12.8 Å². The van der Waals surface area contributed by atoms with E-state index in [0.717, 1.165) is 38.2 Å². The maximum absolute atomic E-state index is 9.07. The van der Waals surface area contributed by atoms with E-state index >= 15 is 0 Å². The van der Waals surface area contributed by atoms with Gasteiger partial charge in [0.25, 0.3) is 0 Å². The Morgan fingerprint density at radius 3 is 3.17 bits per heavy atom. The van der Waals surface area contributed by atoms with Crippen molar-refractivity contribution >= 4 is 5.69 Å². The van der Waals surface area contributed by atoms with Gasteiger partial charge in [-0.1, -0.05) is 6.07 Å². The molecule has 0 bridgehead atoms. The van der Waals surface area contributed by atoms with Crippen LogP contribution in [0.15, 0.2) is 24.3 Å². The summed E-state index contributed by atoms with van der Waals surface area (Å²) < 4.78 is 5.27. The number of nitrogens with one attached hydrogen (secondary N) is 1. The van der Waals surface area contributed by atoms with Crippen LogP contribution in [0.25, 0.3) is 0 Å². The van der Waals surface area contributed by atoms with E-state index in [-0.39, 0.29) is 6.61 Å². The number of ether oxygens (including phenoxy) is 1. The lowest BCUT2D eigenvalue weighted by atomic mass is 10.2. The van der Waals surface area contributed by atoms with Crippen molar-refractivity contribution in [2.45, 2.75) is 18.9 Å². The molecule has 1 aliphatic rings. The first-order valence-corrected chi connectivity index (χ1v) is 6.56. The molecule has 1 unspecified atom stereocenters. The first-order chi connectivity index (χ1) is 8.83. The molecule has 1 atom stereocenters. The summed E-state index contributed by atoms with van der Waals surface area (Å²) >= 11 is 0. The van der Waals surface area contributed by atoms with Gasteiger partial charge in [-0.15, -0.1) is 0 Å². The Balaban J connectivity index is 2.09. The molecule has 1 saturated heterocycles. The molecular weight excluding hydrogens is 228 g/mol. The van der Waals surface area contributed by atoms with Crippen molar-refractivity contribution in [3.63, 3.8) is 0 Å². The highest BCUT2D eigenvalue weighted by Crippen LogP contribution is 2.22. The second kappa shape index (κ2) is 6.61. The third kappa shape index (κ3) is 3.37. The summed E-state index contributed by atoms with van der Waals surface area (Å²) in [6.07, 6.45) is 1.93. The number of methoxy groups -OCH3 is 1. The molecule has 4 heteroatoms. The van der Waals surface area contributed by atoms with Crippen molar-refractivity contribution in [2.75, 3.05) is 38.3 Å². The SMILES string of the molecule is COc1cccc(N2CCCNC(CCO)C2)c1. The van der Waals surface area contributed by atoms with Crippen LogP contribution in [-0.4, -0.2) is 44.5 Å². The molecule has 1 aromatic rings. The topological polar surface area (TPSA) is 44.7 Å². The molecule has 0 aromatic heterocycles. The molecular formula is C14H22N2O2. The van der Waals surface area contributed by atoms with E-state index < -0.39 is 0 Å². The van der Waals surface area contributed by atoms with Crippen LogP contribution < -0.4 is 15.0 Å². The smallest absolute Gasteiger partial charge is 0.120 e. The Morgan fingerprint density at radius 2 is 2.39 bits per heavy atom. The molecule has 18 heavy (non-hydrogen) atoms. The van der Waals surface area contributed by atoms with Crippen LogP contribution in [0, 0.1) is 0 Å². The van der Waals surface area contributed by atoms with Gasteiger partial charge in [-0.3, -0.25) is 0 Å². The molecule has 1 heterocycles. The fraction of sp³-hybridized carbons (Fsp3) is 0.571. The quantitative estimate of drug-likeness (QED) is 0.844. The lowest BCUT2D eigenvalue weighted by molar-refractivity contribution is 0.267. The van der Waals surface area contributed by atoms with Crippen LogP contribution >= 0.6 is 0 Å². The molecule has 2 N–H and O–H groups in total. The number of aliphatic hydroxyl groups is 1. The lowest BCUT2D eigenvalue weighted by Crippen LogP contribution is -2.38. The highest BCUT2D eigenvalue weighted by molar-refractivity contribution is 5.51. The summed E-state index contributed by atoms with van der Waals surface area (Å²) in [4.78, 5) is 2.36. The Kier molecular flexibility index (Phi) is 4.84. The van der Waals surface area contributed by atoms with Crippen LogP contribution in [-0.2, 0) is 0 Å². The van der Waals surface area contributed by atoms with Gasteiger partial charge in [0, 0.05) is 37.5 Å². The molecule has 2 rings (SSSR count). The maximum atomic E-state index is 9.07. The number of nitrogens with zero attached hydrogens (tertiary/aromatic N) is 1. The number of anilines is 1. The zero-order valence-corrected chi connectivity index (χ0v) is 10.9. The molecule has 1 fully saturated rings. The molecule has 0 aliphatic carbocycles. The molecule has 0 amide bonds. The second-order valence-electron chi connectivity index (χ2n) is 4.66. The van der Waals surface area contributed by atoms with Gasteiger partial charge >= 0.3 is 0 Å². The van der Waals surface area contributed by atoms with E-state index in [9.17, 15) is 0 Å². The molecule has 0 spiro atoms. The third-order valence-corrected chi connectivity index (χ3v) is 3.37. The Labute approximate surface area is 109 Å². The summed E-state index contributed by atoms with van der Waals surface area (Å²) in [5.41, 5.74) is 1.20. The minimum atomic E-state index is 0.240. The van der Waals surface area contributed by atoms with Crippen molar-refractivity contribution < 1.29 is 9.84 Å². The Hall–Kier alpha value is -1.26. The Morgan fingerprint density at radius 1 is 1.50 bits per heavy atom. The van der Waals surface area contributed by atoms with Crippen LogP contribution in [0.5, 0.6) is 5.75 Å². The largest absolute Gasteiger partial charge is 0.497 e. The van der Waals surface area contributed by atoms with E-state index in [0.29, 0.717) is 6.04 Å². The van der Waals surface area contributed by atoms with Crippen LogP contribution in [0.2, 0.25) is 0 Å². The zero-order valence-electron chi connectivity index (χ0n) is 10.9. The molecule has 1 aromatic carbocycles. The number of benzene rings is 1. The van der Waals surface area contributed by atoms with Crippen molar-refractivity contribution in [3.8, 4) is 5.75 Å². The normalized spacial score (nSPS) is 20.6. The highest BCUT2D eigenvalue weighted by atomic mass is 16.5. The predicted octanol–water partition coefficient (Wildman–Crippen LogP) is 1.25. The monoisotopic (exact) mass is 250 g/mol. The minimum Gasteiger partial charge on any atom is -0.497 e. The minimum absolute atomic E-state index is 0.240. The Bertz CT molecular complexity index is 371. The van der Waals surface area contributed by atoms with E-state index in [1.54, 1.807) is 7.11 Å². The van der Waals surface area contributed by atoms with Crippen molar-refractivity contribution in [1.29, 1.82) is 0 Å². The molecule has 4 nitrogen and oxygen atoms in total. The van der Waals surface area contributed by atoms with E-state index in [1.807, 2.05) is 12.1 Å². The zero-order chi connectivity index (χ0) is 12.8. The molecule has 0 radical (unpaired) electrons. The van der Waals surface area contributed by atoms with Gasteiger partial charge in [-0.25, -0.2) is 0 Å².